The monoisotopic (exact) mass is 240 g/mol. The highest BCUT2D eigenvalue weighted by Gasteiger charge is 2.30. The molecule has 3 N–H and O–H groups in total. The van der Waals surface area contributed by atoms with Gasteiger partial charge in [0.25, 0.3) is 0 Å². The molecule has 17 heavy (non-hydrogen) atoms. The Kier molecular flexibility index (Phi) is 4.40. The molecule has 4 atom stereocenters. The molecular weight excluding hydrogens is 216 g/mol. The zero-order valence-electron chi connectivity index (χ0n) is 10.7. The summed E-state index contributed by atoms with van der Waals surface area (Å²) in [6.45, 7) is 3.66. The van der Waals surface area contributed by atoms with Crippen molar-refractivity contribution < 1.29 is 9.53 Å². The minimum absolute atomic E-state index is 0.159. The molecule has 1 heterocycles. The first-order chi connectivity index (χ1) is 8.16. The average molecular weight is 240 g/mol. The number of carbonyl (C=O) groups is 1. The van der Waals surface area contributed by atoms with E-state index < -0.39 is 0 Å². The topological polar surface area (TPSA) is 64.3 Å². The zero-order valence-corrected chi connectivity index (χ0v) is 10.7. The van der Waals surface area contributed by atoms with E-state index in [1.807, 2.05) is 0 Å². The van der Waals surface area contributed by atoms with E-state index in [0.29, 0.717) is 12.5 Å². The van der Waals surface area contributed by atoms with Gasteiger partial charge in [-0.25, -0.2) is 0 Å². The fraction of sp³-hybridized carbons (Fsp3) is 0.923. The van der Waals surface area contributed by atoms with Crippen molar-refractivity contribution in [3.05, 3.63) is 0 Å². The quantitative estimate of drug-likeness (QED) is 0.758. The molecule has 1 aliphatic heterocycles. The van der Waals surface area contributed by atoms with Crippen LogP contribution >= 0.6 is 0 Å². The summed E-state index contributed by atoms with van der Waals surface area (Å²) in [5, 5.41) is 3.12. The first kappa shape index (κ1) is 12.8. The van der Waals surface area contributed by atoms with Crippen molar-refractivity contribution in [1.82, 2.24) is 5.32 Å². The number of rotatable bonds is 2. The van der Waals surface area contributed by atoms with Crippen LogP contribution in [0, 0.1) is 11.8 Å². The van der Waals surface area contributed by atoms with Crippen LogP contribution in [0.1, 0.15) is 39.0 Å². The number of hydrogen-bond donors (Lipinski definition) is 2. The largest absolute Gasteiger partial charge is 0.379 e. The van der Waals surface area contributed by atoms with E-state index in [0.717, 1.165) is 38.7 Å². The van der Waals surface area contributed by atoms with Gasteiger partial charge in [0.1, 0.15) is 0 Å². The first-order valence-electron chi connectivity index (χ1n) is 6.80. The second-order valence-corrected chi connectivity index (χ2v) is 5.57. The van der Waals surface area contributed by atoms with Crippen LogP contribution in [0.5, 0.6) is 0 Å². The van der Waals surface area contributed by atoms with Gasteiger partial charge in [-0.05, 0) is 38.0 Å². The summed E-state index contributed by atoms with van der Waals surface area (Å²) in [6.07, 6.45) is 4.94. The fourth-order valence-corrected chi connectivity index (χ4v) is 2.83. The van der Waals surface area contributed by atoms with Crippen LogP contribution < -0.4 is 11.1 Å². The van der Waals surface area contributed by atoms with E-state index >= 15 is 0 Å². The molecular formula is C13H24N2O2. The third-order valence-electron chi connectivity index (χ3n) is 4.11. The Balaban J connectivity index is 1.79. The Labute approximate surface area is 103 Å². The molecule has 4 unspecified atom stereocenters. The summed E-state index contributed by atoms with van der Waals surface area (Å²) in [5.41, 5.74) is 5.97. The van der Waals surface area contributed by atoms with Crippen molar-refractivity contribution in [2.45, 2.75) is 51.1 Å². The first-order valence-corrected chi connectivity index (χ1v) is 6.80. The maximum Gasteiger partial charge on any atom is 0.223 e. The molecule has 0 aromatic heterocycles. The van der Waals surface area contributed by atoms with Gasteiger partial charge in [0.15, 0.2) is 0 Å². The number of nitrogens with two attached hydrogens (primary N) is 1. The molecule has 0 spiro atoms. The zero-order chi connectivity index (χ0) is 12.3. The van der Waals surface area contributed by atoms with Crippen LogP contribution in [0.25, 0.3) is 0 Å². The Morgan fingerprint density at radius 1 is 1.35 bits per heavy atom. The highest BCUT2D eigenvalue weighted by Crippen LogP contribution is 2.28. The third-order valence-corrected chi connectivity index (χ3v) is 4.11. The summed E-state index contributed by atoms with van der Waals surface area (Å²) < 4.78 is 5.37. The highest BCUT2D eigenvalue weighted by atomic mass is 16.5. The van der Waals surface area contributed by atoms with Crippen LogP contribution in [0.4, 0.5) is 0 Å². The number of amides is 1. The molecule has 1 amide bonds. The molecule has 4 nitrogen and oxygen atoms in total. The Hall–Kier alpha value is -0.610. The smallest absolute Gasteiger partial charge is 0.223 e. The molecule has 0 bridgehead atoms. The molecule has 2 rings (SSSR count). The van der Waals surface area contributed by atoms with E-state index in [-0.39, 0.29) is 23.9 Å². The lowest BCUT2D eigenvalue weighted by Crippen LogP contribution is -2.46. The third kappa shape index (κ3) is 3.42. The number of nitrogens with one attached hydrogen (secondary N) is 1. The molecule has 0 radical (unpaired) electrons. The summed E-state index contributed by atoms with van der Waals surface area (Å²) in [5.74, 6) is 0.827. The van der Waals surface area contributed by atoms with Crippen molar-refractivity contribution in [3.8, 4) is 0 Å². The van der Waals surface area contributed by atoms with Crippen molar-refractivity contribution in [2.75, 3.05) is 13.2 Å². The minimum Gasteiger partial charge on any atom is -0.379 e. The molecule has 98 valence electrons. The highest BCUT2D eigenvalue weighted by molar-refractivity contribution is 5.79. The SMILES string of the molecule is CC1CC(C(=O)NC2CCCOC2)CCC1N. The van der Waals surface area contributed by atoms with Crippen molar-refractivity contribution >= 4 is 5.91 Å². The number of carbonyl (C=O) groups excluding carboxylic acids is 1. The predicted octanol–water partition coefficient (Wildman–Crippen LogP) is 1.05. The maximum atomic E-state index is 12.1. The van der Waals surface area contributed by atoms with Crippen LogP contribution in [0.15, 0.2) is 0 Å². The van der Waals surface area contributed by atoms with Crippen LogP contribution in [0.3, 0.4) is 0 Å². The van der Waals surface area contributed by atoms with Gasteiger partial charge in [0.2, 0.25) is 5.91 Å². The van der Waals surface area contributed by atoms with Crippen LogP contribution in [-0.2, 0) is 9.53 Å². The summed E-state index contributed by atoms with van der Waals surface area (Å²) in [7, 11) is 0. The van der Waals surface area contributed by atoms with E-state index in [1.165, 1.54) is 0 Å². The lowest BCUT2D eigenvalue weighted by atomic mass is 9.79. The van der Waals surface area contributed by atoms with Crippen molar-refractivity contribution in [3.63, 3.8) is 0 Å². The molecule has 1 saturated carbocycles. The second kappa shape index (κ2) is 5.83. The maximum absolute atomic E-state index is 12.1. The Morgan fingerprint density at radius 2 is 2.18 bits per heavy atom. The van der Waals surface area contributed by atoms with E-state index in [1.54, 1.807) is 0 Å². The van der Waals surface area contributed by atoms with Crippen molar-refractivity contribution in [1.29, 1.82) is 0 Å². The summed E-state index contributed by atoms with van der Waals surface area (Å²) in [6, 6.07) is 0.499. The van der Waals surface area contributed by atoms with Gasteiger partial charge < -0.3 is 15.8 Å². The number of ether oxygens (including phenoxy) is 1. The molecule has 4 heteroatoms. The van der Waals surface area contributed by atoms with E-state index in [4.69, 9.17) is 10.5 Å². The molecule has 2 aliphatic rings. The second-order valence-electron chi connectivity index (χ2n) is 5.57. The van der Waals surface area contributed by atoms with E-state index in [2.05, 4.69) is 12.2 Å². The van der Waals surface area contributed by atoms with Gasteiger partial charge in [-0.2, -0.15) is 0 Å². The van der Waals surface area contributed by atoms with Gasteiger partial charge >= 0.3 is 0 Å². The van der Waals surface area contributed by atoms with Gasteiger partial charge in [-0.3, -0.25) is 4.79 Å². The summed E-state index contributed by atoms with van der Waals surface area (Å²) >= 11 is 0. The van der Waals surface area contributed by atoms with E-state index in [9.17, 15) is 4.79 Å². The Morgan fingerprint density at radius 3 is 2.82 bits per heavy atom. The lowest BCUT2D eigenvalue weighted by molar-refractivity contribution is -0.128. The predicted molar refractivity (Wildman–Crippen MR) is 66.5 cm³/mol. The molecule has 1 aliphatic carbocycles. The summed E-state index contributed by atoms with van der Waals surface area (Å²) in [4.78, 5) is 12.1. The molecule has 0 aromatic carbocycles. The van der Waals surface area contributed by atoms with Gasteiger partial charge in [0.05, 0.1) is 12.6 Å². The average Bonchev–Trinajstić information content (AvgIpc) is 2.34. The lowest BCUT2D eigenvalue weighted by Gasteiger charge is -2.32. The van der Waals surface area contributed by atoms with Gasteiger partial charge in [0, 0.05) is 18.6 Å². The van der Waals surface area contributed by atoms with Gasteiger partial charge in [-0.15, -0.1) is 0 Å². The van der Waals surface area contributed by atoms with Gasteiger partial charge in [-0.1, -0.05) is 6.92 Å². The number of hydrogen-bond acceptors (Lipinski definition) is 3. The Bertz CT molecular complexity index is 264. The molecule has 2 fully saturated rings. The fourth-order valence-electron chi connectivity index (χ4n) is 2.83. The normalized spacial score (nSPS) is 38.7. The molecule has 0 aromatic rings. The van der Waals surface area contributed by atoms with Crippen LogP contribution in [0.2, 0.25) is 0 Å². The minimum atomic E-state index is 0.159. The van der Waals surface area contributed by atoms with Crippen LogP contribution in [-0.4, -0.2) is 31.2 Å². The van der Waals surface area contributed by atoms with Crippen molar-refractivity contribution in [2.24, 2.45) is 17.6 Å². The standard InChI is InChI=1S/C13H24N2O2/c1-9-7-10(4-5-12(9)14)13(16)15-11-3-2-6-17-8-11/h9-12H,2-8,14H2,1H3,(H,15,16). The molecule has 1 saturated heterocycles.